The summed E-state index contributed by atoms with van der Waals surface area (Å²) in [6.07, 6.45) is 1.90. The molecule has 0 aliphatic rings. The number of primary amides is 1. The summed E-state index contributed by atoms with van der Waals surface area (Å²) in [5, 5.41) is 3.24. The van der Waals surface area contributed by atoms with Crippen molar-refractivity contribution >= 4 is 5.91 Å². The van der Waals surface area contributed by atoms with E-state index < -0.39 is 0 Å². The zero-order valence-corrected chi connectivity index (χ0v) is 9.94. The molecule has 0 saturated carbocycles. The van der Waals surface area contributed by atoms with Crippen LogP contribution in [0.2, 0.25) is 0 Å². The number of nitrogens with one attached hydrogen (secondary N) is 1. The Balaban J connectivity index is 2.53. The van der Waals surface area contributed by atoms with Gasteiger partial charge in [-0.05, 0) is 25.3 Å². The molecule has 3 nitrogen and oxygen atoms in total. The lowest BCUT2D eigenvalue weighted by atomic mass is 10.0. The molecule has 1 aromatic rings. The first-order chi connectivity index (χ1) is 7.63. The zero-order valence-electron chi connectivity index (χ0n) is 9.94. The summed E-state index contributed by atoms with van der Waals surface area (Å²) in [4.78, 5) is 11.0. The van der Waals surface area contributed by atoms with Crippen LogP contribution in [0.4, 0.5) is 0 Å². The van der Waals surface area contributed by atoms with Gasteiger partial charge in [0.1, 0.15) is 0 Å². The monoisotopic (exact) mass is 220 g/mol. The Kier molecular flexibility index (Phi) is 4.99. The van der Waals surface area contributed by atoms with Gasteiger partial charge in [0.05, 0.1) is 6.04 Å². The molecule has 1 rings (SSSR count). The highest BCUT2D eigenvalue weighted by Gasteiger charge is 2.14. The van der Waals surface area contributed by atoms with Gasteiger partial charge < -0.3 is 11.1 Å². The third-order valence-electron chi connectivity index (χ3n) is 2.73. The maximum Gasteiger partial charge on any atom is 0.234 e. The van der Waals surface area contributed by atoms with Crippen LogP contribution < -0.4 is 11.1 Å². The summed E-state index contributed by atoms with van der Waals surface area (Å²) in [6.45, 7) is 3.91. The fraction of sp³-hybridized carbons (Fsp3) is 0.462. The standard InChI is InChI=1S/C13H20N2O/c1-3-12(15-10(2)13(14)16)9-11-7-5-4-6-8-11/h4-8,10,12,15H,3,9H2,1-2H3,(H2,14,16). The van der Waals surface area contributed by atoms with Crippen LogP contribution in [0, 0.1) is 0 Å². The second kappa shape index (κ2) is 6.28. The van der Waals surface area contributed by atoms with Crippen LogP contribution in [0.3, 0.4) is 0 Å². The van der Waals surface area contributed by atoms with E-state index >= 15 is 0 Å². The highest BCUT2D eigenvalue weighted by Crippen LogP contribution is 2.06. The predicted molar refractivity (Wildman–Crippen MR) is 66.0 cm³/mol. The number of benzene rings is 1. The van der Waals surface area contributed by atoms with E-state index in [2.05, 4.69) is 24.4 Å². The van der Waals surface area contributed by atoms with E-state index in [0.29, 0.717) is 6.04 Å². The number of carbonyl (C=O) groups is 1. The summed E-state index contributed by atoms with van der Waals surface area (Å²) in [7, 11) is 0. The van der Waals surface area contributed by atoms with Gasteiger partial charge in [-0.3, -0.25) is 4.79 Å². The Morgan fingerprint density at radius 1 is 1.38 bits per heavy atom. The SMILES string of the molecule is CCC(Cc1ccccc1)NC(C)C(N)=O. The molecule has 2 unspecified atom stereocenters. The van der Waals surface area contributed by atoms with Crippen molar-refractivity contribution in [1.29, 1.82) is 0 Å². The first-order valence-corrected chi connectivity index (χ1v) is 5.72. The molecule has 0 radical (unpaired) electrons. The molecule has 16 heavy (non-hydrogen) atoms. The largest absolute Gasteiger partial charge is 0.368 e. The Hall–Kier alpha value is -1.35. The van der Waals surface area contributed by atoms with Crippen molar-refractivity contribution < 1.29 is 4.79 Å². The van der Waals surface area contributed by atoms with Gasteiger partial charge in [0, 0.05) is 6.04 Å². The number of carbonyl (C=O) groups excluding carboxylic acids is 1. The molecule has 0 bridgehead atoms. The molecule has 0 aliphatic heterocycles. The van der Waals surface area contributed by atoms with Gasteiger partial charge in [-0.2, -0.15) is 0 Å². The molecule has 0 spiro atoms. The number of hydrogen-bond acceptors (Lipinski definition) is 2. The summed E-state index contributed by atoms with van der Waals surface area (Å²) in [5.41, 5.74) is 6.51. The van der Waals surface area contributed by atoms with E-state index in [-0.39, 0.29) is 11.9 Å². The van der Waals surface area contributed by atoms with Crippen LogP contribution in [-0.2, 0) is 11.2 Å². The van der Waals surface area contributed by atoms with Crippen LogP contribution in [0.15, 0.2) is 30.3 Å². The van der Waals surface area contributed by atoms with Crippen LogP contribution in [-0.4, -0.2) is 18.0 Å². The number of rotatable bonds is 6. The molecular formula is C13H20N2O. The summed E-state index contributed by atoms with van der Waals surface area (Å²) < 4.78 is 0. The van der Waals surface area contributed by atoms with Crippen molar-refractivity contribution in [3.8, 4) is 0 Å². The number of nitrogens with two attached hydrogens (primary N) is 1. The van der Waals surface area contributed by atoms with Gasteiger partial charge in [0.2, 0.25) is 5.91 Å². The fourth-order valence-corrected chi connectivity index (χ4v) is 1.66. The highest BCUT2D eigenvalue weighted by molar-refractivity contribution is 5.79. The van der Waals surface area contributed by atoms with Crippen molar-refractivity contribution in [2.45, 2.75) is 38.8 Å². The third-order valence-corrected chi connectivity index (χ3v) is 2.73. The smallest absolute Gasteiger partial charge is 0.234 e. The van der Waals surface area contributed by atoms with Gasteiger partial charge in [-0.1, -0.05) is 37.3 Å². The molecule has 1 amide bonds. The van der Waals surface area contributed by atoms with E-state index in [0.717, 1.165) is 12.8 Å². The fourth-order valence-electron chi connectivity index (χ4n) is 1.66. The predicted octanol–water partition coefficient (Wildman–Crippen LogP) is 1.47. The maximum atomic E-state index is 11.0. The topological polar surface area (TPSA) is 55.1 Å². The summed E-state index contributed by atoms with van der Waals surface area (Å²) >= 11 is 0. The van der Waals surface area contributed by atoms with E-state index in [1.807, 2.05) is 18.2 Å². The minimum atomic E-state index is -0.300. The van der Waals surface area contributed by atoms with Crippen LogP contribution in [0.25, 0.3) is 0 Å². The molecule has 0 heterocycles. The molecule has 0 aliphatic carbocycles. The van der Waals surface area contributed by atoms with Crippen molar-refractivity contribution in [1.82, 2.24) is 5.32 Å². The van der Waals surface area contributed by atoms with Crippen molar-refractivity contribution in [3.05, 3.63) is 35.9 Å². The van der Waals surface area contributed by atoms with Crippen molar-refractivity contribution in [3.63, 3.8) is 0 Å². The lowest BCUT2D eigenvalue weighted by Crippen LogP contribution is -2.45. The molecule has 88 valence electrons. The van der Waals surface area contributed by atoms with E-state index in [9.17, 15) is 4.79 Å². The molecule has 3 heteroatoms. The highest BCUT2D eigenvalue weighted by atomic mass is 16.1. The van der Waals surface area contributed by atoms with Crippen LogP contribution in [0.5, 0.6) is 0 Å². The summed E-state index contributed by atoms with van der Waals surface area (Å²) in [5.74, 6) is -0.300. The molecule has 1 aromatic carbocycles. The van der Waals surface area contributed by atoms with Gasteiger partial charge in [0.25, 0.3) is 0 Å². The average Bonchev–Trinajstić information content (AvgIpc) is 2.29. The molecule has 3 N–H and O–H groups in total. The Bertz CT molecular complexity index is 324. The maximum absolute atomic E-state index is 11.0. The Labute approximate surface area is 97.0 Å². The quantitative estimate of drug-likeness (QED) is 0.762. The Morgan fingerprint density at radius 2 is 2.00 bits per heavy atom. The second-order valence-corrected chi connectivity index (χ2v) is 4.09. The number of amides is 1. The normalized spacial score (nSPS) is 14.4. The van der Waals surface area contributed by atoms with E-state index in [1.54, 1.807) is 6.92 Å². The lowest BCUT2D eigenvalue weighted by Gasteiger charge is -2.20. The van der Waals surface area contributed by atoms with Gasteiger partial charge in [-0.25, -0.2) is 0 Å². The van der Waals surface area contributed by atoms with Crippen molar-refractivity contribution in [2.24, 2.45) is 5.73 Å². The van der Waals surface area contributed by atoms with Gasteiger partial charge >= 0.3 is 0 Å². The lowest BCUT2D eigenvalue weighted by molar-refractivity contribution is -0.119. The molecule has 0 fully saturated rings. The zero-order chi connectivity index (χ0) is 12.0. The molecule has 2 atom stereocenters. The van der Waals surface area contributed by atoms with Crippen LogP contribution >= 0.6 is 0 Å². The average molecular weight is 220 g/mol. The van der Waals surface area contributed by atoms with Crippen LogP contribution in [0.1, 0.15) is 25.8 Å². The minimum absolute atomic E-state index is 0.270. The summed E-state index contributed by atoms with van der Waals surface area (Å²) in [6, 6.07) is 10.3. The molecule has 0 saturated heterocycles. The molecular weight excluding hydrogens is 200 g/mol. The van der Waals surface area contributed by atoms with E-state index in [4.69, 9.17) is 5.73 Å². The minimum Gasteiger partial charge on any atom is -0.368 e. The van der Waals surface area contributed by atoms with Crippen molar-refractivity contribution in [2.75, 3.05) is 0 Å². The van der Waals surface area contributed by atoms with Gasteiger partial charge in [-0.15, -0.1) is 0 Å². The second-order valence-electron chi connectivity index (χ2n) is 4.09. The first-order valence-electron chi connectivity index (χ1n) is 5.72. The first kappa shape index (κ1) is 12.7. The Morgan fingerprint density at radius 3 is 2.50 bits per heavy atom. The third kappa shape index (κ3) is 4.03. The van der Waals surface area contributed by atoms with Gasteiger partial charge in [0.15, 0.2) is 0 Å². The number of hydrogen-bond donors (Lipinski definition) is 2. The van der Waals surface area contributed by atoms with E-state index in [1.165, 1.54) is 5.56 Å². The molecule has 0 aromatic heterocycles.